The normalized spacial score (nSPS) is 14.1. The predicted octanol–water partition coefficient (Wildman–Crippen LogP) is -1.31. The molecule has 0 spiro atoms. The molecule has 7 heteroatoms. The summed E-state index contributed by atoms with van der Waals surface area (Å²) in [5.74, 6) is -0.217. The van der Waals surface area contributed by atoms with Gasteiger partial charge < -0.3 is 20.5 Å². The molecule has 17 heavy (non-hydrogen) atoms. The van der Waals surface area contributed by atoms with E-state index < -0.39 is 17.8 Å². The number of aromatic nitrogens is 2. The Hall–Kier alpha value is -1.73. The second-order valence-electron chi connectivity index (χ2n) is 3.62. The summed E-state index contributed by atoms with van der Waals surface area (Å²) >= 11 is 0. The van der Waals surface area contributed by atoms with E-state index in [-0.39, 0.29) is 24.4 Å². The highest BCUT2D eigenvalue weighted by Gasteiger charge is 2.20. The molecule has 4 N–H and O–H groups in total. The first-order chi connectivity index (χ1) is 8.02. The Morgan fingerprint density at radius 1 is 1.59 bits per heavy atom. The van der Waals surface area contributed by atoms with Crippen molar-refractivity contribution in [1.82, 2.24) is 15.3 Å². The van der Waals surface area contributed by atoms with Crippen LogP contribution in [0.5, 0.6) is 0 Å². The fourth-order valence-corrected chi connectivity index (χ4v) is 1.33. The molecule has 0 radical (unpaired) electrons. The van der Waals surface area contributed by atoms with Gasteiger partial charge in [0.15, 0.2) is 0 Å². The maximum Gasteiger partial charge on any atom is 0.256 e. The van der Waals surface area contributed by atoms with Gasteiger partial charge in [0.05, 0.1) is 18.0 Å². The summed E-state index contributed by atoms with van der Waals surface area (Å²) in [6.07, 6.45) is 0.0935. The second-order valence-corrected chi connectivity index (χ2v) is 3.62. The number of hydrogen-bond donors (Lipinski definition) is 4. The van der Waals surface area contributed by atoms with Gasteiger partial charge >= 0.3 is 0 Å². The third-order valence-corrected chi connectivity index (χ3v) is 2.24. The van der Waals surface area contributed by atoms with Gasteiger partial charge in [-0.1, -0.05) is 0 Å². The molecule has 0 saturated carbocycles. The van der Waals surface area contributed by atoms with E-state index >= 15 is 0 Å². The molecule has 94 valence electrons. The number of nitrogens with one attached hydrogen (secondary N) is 2. The van der Waals surface area contributed by atoms with Gasteiger partial charge in [-0.3, -0.25) is 9.59 Å². The number of aromatic amines is 1. The number of hydrogen-bond acceptors (Lipinski definition) is 5. The Bertz CT molecular complexity index is 432. The minimum absolute atomic E-state index is 0.00262. The van der Waals surface area contributed by atoms with Gasteiger partial charge in [0.1, 0.15) is 6.10 Å². The van der Waals surface area contributed by atoms with Gasteiger partial charge in [-0.2, -0.15) is 0 Å². The molecular formula is C10H15N3O4. The molecule has 1 aromatic heterocycles. The van der Waals surface area contributed by atoms with Crippen LogP contribution in [-0.2, 0) is 4.79 Å². The summed E-state index contributed by atoms with van der Waals surface area (Å²) in [4.78, 5) is 27.9. The van der Waals surface area contributed by atoms with Crippen LogP contribution < -0.4 is 10.9 Å². The van der Waals surface area contributed by atoms with Crippen molar-refractivity contribution in [3.8, 4) is 0 Å². The van der Waals surface area contributed by atoms with E-state index in [0.717, 1.165) is 0 Å². The summed E-state index contributed by atoms with van der Waals surface area (Å²) in [5, 5.41) is 21.8. The average Bonchev–Trinajstić information content (AvgIpc) is 2.28. The largest absolute Gasteiger partial charge is 0.390 e. The molecule has 0 aliphatic rings. The van der Waals surface area contributed by atoms with Crippen LogP contribution in [0.3, 0.4) is 0 Å². The van der Waals surface area contributed by atoms with Crippen LogP contribution in [0.25, 0.3) is 0 Å². The molecule has 1 aromatic rings. The maximum atomic E-state index is 11.3. The lowest BCUT2D eigenvalue weighted by Gasteiger charge is -2.16. The van der Waals surface area contributed by atoms with E-state index in [1.54, 1.807) is 0 Å². The molecule has 7 nitrogen and oxygen atoms in total. The first-order valence-corrected chi connectivity index (χ1v) is 5.15. The van der Waals surface area contributed by atoms with Gasteiger partial charge in [-0.05, 0) is 6.42 Å². The average molecular weight is 241 g/mol. The van der Waals surface area contributed by atoms with Crippen LogP contribution in [0.4, 0.5) is 0 Å². The van der Waals surface area contributed by atoms with Gasteiger partial charge in [0.25, 0.3) is 5.56 Å². The van der Waals surface area contributed by atoms with Gasteiger partial charge in [0.2, 0.25) is 5.91 Å². The number of rotatable bonds is 5. The maximum absolute atomic E-state index is 11.3. The van der Waals surface area contributed by atoms with Crippen LogP contribution in [-0.4, -0.2) is 38.7 Å². The smallest absolute Gasteiger partial charge is 0.256 e. The summed E-state index contributed by atoms with van der Waals surface area (Å²) < 4.78 is 0. The molecule has 0 aliphatic carbocycles. The number of carbonyl (C=O) groups excluding carboxylic acids is 1. The Kier molecular flexibility index (Phi) is 4.80. The monoisotopic (exact) mass is 241 g/mol. The molecule has 1 amide bonds. The zero-order chi connectivity index (χ0) is 12.8. The van der Waals surface area contributed by atoms with E-state index in [0.29, 0.717) is 0 Å². The Labute approximate surface area is 97.5 Å². The van der Waals surface area contributed by atoms with Gasteiger partial charge in [0, 0.05) is 19.7 Å². The molecule has 2 atom stereocenters. The molecule has 0 aliphatic heterocycles. The van der Waals surface area contributed by atoms with Crippen molar-refractivity contribution in [3.05, 3.63) is 28.4 Å². The summed E-state index contributed by atoms with van der Waals surface area (Å²) in [5.41, 5.74) is -0.492. The van der Waals surface area contributed by atoms with Crippen LogP contribution in [0.1, 0.15) is 25.0 Å². The van der Waals surface area contributed by atoms with E-state index in [2.05, 4.69) is 15.3 Å². The predicted molar refractivity (Wildman–Crippen MR) is 59.1 cm³/mol. The van der Waals surface area contributed by atoms with Crippen LogP contribution in [0.15, 0.2) is 17.3 Å². The fourth-order valence-electron chi connectivity index (χ4n) is 1.33. The Morgan fingerprint density at radius 3 is 2.88 bits per heavy atom. The molecule has 1 rings (SSSR count). The van der Waals surface area contributed by atoms with Gasteiger partial charge in [-0.25, -0.2) is 4.98 Å². The lowest BCUT2D eigenvalue weighted by molar-refractivity contribution is -0.119. The number of carbonyl (C=O) groups is 1. The number of amides is 1. The molecule has 0 bridgehead atoms. The lowest BCUT2D eigenvalue weighted by Crippen LogP contribution is -2.30. The molecule has 2 unspecified atom stereocenters. The van der Waals surface area contributed by atoms with Crippen molar-refractivity contribution in [3.63, 3.8) is 0 Å². The van der Waals surface area contributed by atoms with E-state index in [1.807, 2.05) is 0 Å². The van der Waals surface area contributed by atoms with Crippen LogP contribution >= 0.6 is 0 Å². The Balaban J connectivity index is 2.58. The third kappa shape index (κ3) is 3.97. The molecule has 0 saturated heterocycles. The zero-order valence-corrected chi connectivity index (χ0v) is 9.38. The topological polar surface area (TPSA) is 115 Å². The lowest BCUT2D eigenvalue weighted by atomic mass is 10.1. The second kappa shape index (κ2) is 6.12. The molecule has 1 heterocycles. The van der Waals surface area contributed by atoms with Crippen molar-refractivity contribution in [2.75, 3.05) is 6.54 Å². The molecule has 0 fully saturated rings. The van der Waals surface area contributed by atoms with Crippen LogP contribution in [0.2, 0.25) is 0 Å². The highest BCUT2D eigenvalue weighted by molar-refractivity contribution is 5.72. The summed E-state index contributed by atoms with van der Waals surface area (Å²) in [6.45, 7) is 1.58. The van der Waals surface area contributed by atoms with E-state index in [1.165, 1.54) is 19.4 Å². The highest BCUT2D eigenvalue weighted by Crippen LogP contribution is 2.13. The van der Waals surface area contributed by atoms with E-state index in [9.17, 15) is 19.8 Å². The minimum Gasteiger partial charge on any atom is -0.390 e. The zero-order valence-electron chi connectivity index (χ0n) is 9.38. The van der Waals surface area contributed by atoms with Crippen molar-refractivity contribution >= 4 is 5.91 Å². The summed E-state index contributed by atoms with van der Waals surface area (Å²) in [7, 11) is 0. The van der Waals surface area contributed by atoms with Crippen molar-refractivity contribution in [1.29, 1.82) is 0 Å². The minimum atomic E-state index is -1.32. The summed E-state index contributed by atoms with van der Waals surface area (Å²) in [6, 6.07) is 0. The highest BCUT2D eigenvalue weighted by atomic mass is 16.3. The number of aliphatic hydroxyl groups is 2. The Morgan fingerprint density at radius 2 is 2.29 bits per heavy atom. The third-order valence-electron chi connectivity index (χ3n) is 2.24. The standard InChI is InChI=1S/C10H15N3O4/c1-6(14)12-3-2-8(15)9(16)7-4-11-5-13-10(7)17/h4-5,8-9,15-16H,2-3H2,1H3,(H,12,14)(H,11,13,17). The van der Waals surface area contributed by atoms with Crippen molar-refractivity contribution in [2.45, 2.75) is 25.6 Å². The van der Waals surface area contributed by atoms with Crippen molar-refractivity contribution < 1.29 is 15.0 Å². The van der Waals surface area contributed by atoms with Gasteiger partial charge in [-0.15, -0.1) is 0 Å². The quantitative estimate of drug-likeness (QED) is 0.511. The SMILES string of the molecule is CC(=O)NCCC(O)C(O)c1cnc[nH]c1=O. The van der Waals surface area contributed by atoms with Crippen molar-refractivity contribution in [2.24, 2.45) is 0 Å². The van der Waals surface area contributed by atoms with Crippen LogP contribution in [0, 0.1) is 0 Å². The van der Waals surface area contributed by atoms with E-state index in [4.69, 9.17) is 0 Å². The first-order valence-electron chi connectivity index (χ1n) is 5.15. The first kappa shape index (κ1) is 13.3. The molecule has 0 aromatic carbocycles. The number of nitrogens with zero attached hydrogens (tertiary/aromatic N) is 1. The number of aliphatic hydroxyl groups excluding tert-OH is 2. The number of H-pyrrole nitrogens is 1. The fraction of sp³-hybridized carbons (Fsp3) is 0.500. The molecular weight excluding hydrogens is 226 g/mol.